The summed E-state index contributed by atoms with van der Waals surface area (Å²) >= 11 is 1.40. The van der Waals surface area contributed by atoms with E-state index >= 15 is 0 Å². The Labute approximate surface area is 164 Å². The van der Waals surface area contributed by atoms with E-state index in [1.807, 2.05) is 0 Å². The number of nitrogens with one attached hydrogen (secondary N) is 1. The van der Waals surface area contributed by atoms with Crippen LogP contribution in [0.3, 0.4) is 0 Å². The number of amides is 1. The van der Waals surface area contributed by atoms with Crippen molar-refractivity contribution in [3.05, 3.63) is 74.0 Å². The van der Waals surface area contributed by atoms with Crippen molar-refractivity contribution in [3.63, 3.8) is 0 Å². The predicted molar refractivity (Wildman–Crippen MR) is 104 cm³/mol. The van der Waals surface area contributed by atoms with Crippen molar-refractivity contribution in [3.8, 4) is 0 Å². The van der Waals surface area contributed by atoms with Gasteiger partial charge < -0.3 is 15.4 Å². The average molecular weight is 396 g/mol. The SMILES string of the molecule is Cn1c(C(=O)Nc2sc3c(c2C(=O)c2cccnc2)CCC3)ccc1[N+](=O)[O-]. The standard InChI is InChI=1S/C19H16N4O4S/c1-22-13(7-8-15(22)23(26)27)18(25)21-19-16(12-5-2-6-14(12)28-19)17(24)11-4-3-9-20-10-11/h3-4,7-10H,2,5-6H2,1H3,(H,21,25). The second-order valence-electron chi connectivity index (χ2n) is 6.48. The molecule has 1 aliphatic carbocycles. The van der Waals surface area contributed by atoms with Crippen LogP contribution >= 0.6 is 11.3 Å². The van der Waals surface area contributed by atoms with E-state index in [-0.39, 0.29) is 17.3 Å². The van der Waals surface area contributed by atoms with E-state index in [0.717, 1.165) is 29.7 Å². The third kappa shape index (κ3) is 2.99. The summed E-state index contributed by atoms with van der Waals surface area (Å²) in [6, 6.07) is 6.07. The molecule has 0 aliphatic heterocycles. The monoisotopic (exact) mass is 396 g/mol. The van der Waals surface area contributed by atoms with Gasteiger partial charge in [0, 0.05) is 28.9 Å². The lowest BCUT2D eigenvalue weighted by atomic mass is 10.0. The zero-order valence-corrected chi connectivity index (χ0v) is 15.8. The van der Waals surface area contributed by atoms with Crippen LogP contribution in [0.1, 0.15) is 43.3 Å². The topological polar surface area (TPSA) is 107 Å². The Morgan fingerprint density at radius 1 is 1.29 bits per heavy atom. The van der Waals surface area contributed by atoms with Gasteiger partial charge in [0.1, 0.15) is 5.00 Å². The van der Waals surface area contributed by atoms with Crippen LogP contribution in [0.2, 0.25) is 0 Å². The fourth-order valence-electron chi connectivity index (χ4n) is 3.45. The van der Waals surface area contributed by atoms with Crippen molar-refractivity contribution < 1.29 is 14.5 Å². The van der Waals surface area contributed by atoms with Crippen LogP contribution in [0.4, 0.5) is 10.8 Å². The number of aryl methyl sites for hydroxylation is 1. The average Bonchev–Trinajstić information content (AvgIpc) is 3.36. The summed E-state index contributed by atoms with van der Waals surface area (Å²) in [6.07, 6.45) is 5.75. The van der Waals surface area contributed by atoms with Crippen LogP contribution in [-0.2, 0) is 19.9 Å². The molecule has 0 atom stereocenters. The van der Waals surface area contributed by atoms with E-state index < -0.39 is 10.8 Å². The van der Waals surface area contributed by atoms with E-state index in [4.69, 9.17) is 0 Å². The molecule has 4 rings (SSSR count). The molecule has 3 heterocycles. The van der Waals surface area contributed by atoms with Crippen molar-refractivity contribution >= 4 is 33.8 Å². The van der Waals surface area contributed by atoms with Gasteiger partial charge in [-0.05, 0) is 47.9 Å². The van der Waals surface area contributed by atoms with Gasteiger partial charge in [0.15, 0.2) is 11.5 Å². The lowest BCUT2D eigenvalue weighted by Gasteiger charge is -2.07. The molecule has 1 aliphatic rings. The number of aromatic nitrogens is 2. The Balaban J connectivity index is 1.70. The van der Waals surface area contributed by atoms with Crippen molar-refractivity contribution in [2.45, 2.75) is 19.3 Å². The number of carbonyl (C=O) groups excluding carboxylic acids is 2. The van der Waals surface area contributed by atoms with Gasteiger partial charge >= 0.3 is 5.82 Å². The van der Waals surface area contributed by atoms with Gasteiger partial charge in [0.05, 0.1) is 12.6 Å². The number of pyridine rings is 1. The summed E-state index contributed by atoms with van der Waals surface area (Å²) < 4.78 is 1.22. The predicted octanol–water partition coefficient (Wildman–Crippen LogP) is 3.36. The summed E-state index contributed by atoms with van der Waals surface area (Å²) in [7, 11) is 1.46. The lowest BCUT2D eigenvalue weighted by Crippen LogP contribution is -2.17. The van der Waals surface area contributed by atoms with E-state index in [9.17, 15) is 19.7 Å². The van der Waals surface area contributed by atoms with Gasteiger partial charge in [-0.1, -0.05) is 0 Å². The molecule has 142 valence electrons. The molecule has 0 spiro atoms. The molecular formula is C19H16N4O4S. The van der Waals surface area contributed by atoms with Crippen molar-refractivity contribution in [1.29, 1.82) is 0 Å². The molecule has 8 nitrogen and oxygen atoms in total. The Morgan fingerprint density at radius 3 is 2.79 bits per heavy atom. The first-order valence-electron chi connectivity index (χ1n) is 8.68. The largest absolute Gasteiger partial charge is 0.358 e. The number of nitrogens with zero attached hydrogens (tertiary/aromatic N) is 3. The highest BCUT2D eigenvalue weighted by molar-refractivity contribution is 7.17. The Hall–Kier alpha value is -3.33. The quantitative estimate of drug-likeness (QED) is 0.404. The van der Waals surface area contributed by atoms with Gasteiger partial charge in [-0.25, -0.2) is 4.57 Å². The zero-order valence-electron chi connectivity index (χ0n) is 15.0. The number of carbonyl (C=O) groups is 2. The molecule has 0 saturated carbocycles. The maximum atomic E-state index is 13.1. The number of ketones is 1. The Kier molecular flexibility index (Phi) is 4.52. The number of fused-ring (bicyclic) bond motifs is 1. The Bertz CT molecular complexity index is 1100. The summed E-state index contributed by atoms with van der Waals surface area (Å²) in [4.78, 5) is 41.4. The van der Waals surface area contributed by atoms with Crippen LogP contribution in [0.15, 0.2) is 36.7 Å². The normalized spacial score (nSPS) is 12.6. The molecule has 1 N–H and O–H groups in total. The second kappa shape index (κ2) is 7.01. The third-order valence-electron chi connectivity index (χ3n) is 4.81. The fourth-order valence-corrected chi connectivity index (χ4v) is 4.73. The molecule has 3 aromatic heterocycles. The van der Waals surface area contributed by atoms with Crippen LogP contribution in [0.5, 0.6) is 0 Å². The van der Waals surface area contributed by atoms with Gasteiger partial charge in [-0.3, -0.25) is 14.6 Å². The molecule has 0 saturated heterocycles. The molecule has 28 heavy (non-hydrogen) atoms. The number of hydrogen-bond donors (Lipinski definition) is 1. The van der Waals surface area contributed by atoms with Crippen molar-refractivity contribution in [2.75, 3.05) is 5.32 Å². The molecule has 0 unspecified atom stereocenters. The second-order valence-corrected chi connectivity index (χ2v) is 7.58. The van der Waals surface area contributed by atoms with Crippen molar-refractivity contribution in [1.82, 2.24) is 9.55 Å². The van der Waals surface area contributed by atoms with Gasteiger partial charge in [0.25, 0.3) is 5.91 Å². The lowest BCUT2D eigenvalue weighted by molar-refractivity contribution is -0.391. The summed E-state index contributed by atoms with van der Waals surface area (Å²) in [6.45, 7) is 0. The van der Waals surface area contributed by atoms with E-state index in [2.05, 4.69) is 10.3 Å². The minimum atomic E-state index is -0.548. The minimum absolute atomic E-state index is 0.153. The number of thiophene rings is 1. The first-order chi connectivity index (χ1) is 13.5. The molecule has 9 heteroatoms. The molecule has 3 aromatic rings. The molecule has 0 aromatic carbocycles. The summed E-state index contributed by atoms with van der Waals surface area (Å²) in [5, 5.41) is 14.3. The Morgan fingerprint density at radius 2 is 2.11 bits per heavy atom. The highest BCUT2D eigenvalue weighted by atomic mass is 32.1. The van der Waals surface area contributed by atoms with Crippen LogP contribution in [0, 0.1) is 10.1 Å². The zero-order chi connectivity index (χ0) is 19.8. The highest BCUT2D eigenvalue weighted by Crippen LogP contribution is 2.40. The highest BCUT2D eigenvalue weighted by Gasteiger charge is 2.29. The van der Waals surface area contributed by atoms with E-state index in [1.165, 1.54) is 41.3 Å². The van der Waals surface area contributed by atoms with Gasteiger partial charge in [-0.2, -0.15) is 0 Å². The summed E-state index contributed by atoms with van der Waals surface area (Å²) in [5.41, 5.74) is 2.09. The number of anilines is 1. The first kappa shape index (κ1) is 18.1. The van der Waals surface area contributed by atoms with Crippen molar-refractivity contribution in [2.24, 2.45) is 7.05 Å². The minimum Gasteiger partial charge on any atom is -0.358 e. The fraction of sp³-hybridized carbons (Fsp3) is 0.211. The smallest absolute Gasteiger partial charge is 0.323 e. The molecule has 1 amide bonds. The van der Waals surface area contributed by atoms with Crippen LogP contribution < -0.4 is 5.32 Å². The number of rotatable bonds is 5. The summed E-state index contributed by atoms with van der Waals surface area (Å²) in [5.74, 6) is -0.845. The third-order valence-corrected chi connectivity index (χ3v) is 6.02. The maximum Gasteiger partial charge on any atom is 0.323 e. The number of nitro groups is 1. The van der Waals surface area contributed by atoms with Gasteiger partial charge in [0.2, 0.25) is 0 Å². The van der Waals surface area contributed by atoms with Crippen LogP contribution in [0.25, 0.3) is 0 Å². The molecule has 0 radical (unpaired) electrons. The molecular weight excluding hydrogens is 380 g/mol. The molecule has 0 bridgehead atoms. The van der Waals surface area contributed by atoms with Gasteiger partial charge in [-0.15, -0.1) is 11.3 Å². The first-order valence-corrected chi connectivity index (χ1v) is 9.49. The van der Waals surface area contributed by atoms with E-state index in [0.29, 0.717) is 16.1 Å². The molecule has 0 fully saturated rings. The maximum absolute atomic E-state index is 13.1. The van der Waals surface area contributed by atoms with E-state index in [1.54, 1.807) is 18.3 Å². The van der Waals surface area contributed by atoms with Crippen LogP contribution in [-0.4, -0.2) is 26.2 Å². The number of hydrogen-bond acceptors (Lipinski definition) is 6.